The van der Waals surface area contributed by atoms with Crippen LogP contribution >= 0.6 is 0 Å². The second-order valence-corrected chi connectivity index (χ2v) is 12.1. The first-order valence-electron chi connectivity index (χ1n) is 13.3. The molecule has 2 atom stereocenters. The third-order valence-electron chi connectivity index (χ3n) is 7.30. The zero-order chi connectivity index (χ0) is 26.4. The van der Waals surface area contributed by atoms with Gasteiger partial charge in [-0.25, -0.2) is 13.1 Å². The van der Waals surface area contributed by atoms with Crippen LogP contribution in [0.1, 0.15) is 47.4 Å². The number of piperidine rings is 1. The van der Waals surface area contributed by atoms with Crippen LogP contribution in [-0.2, 0) is 27.1 Å². The van der Waals surface area contributed by atoms with Gasteiger partial charge in [0, 0.05) is 30.6 Å². The molecule has 1 heterocycles. The van der Waals surface area contributed by atoms with Gasteiger partial charge < -0.3 is 5.32 Å². The van der Waals surface area contributed by atoms with E-state index in [0.29, 0.717) is 23.6 Å². The predicted octanol–water partition coefficient (Wildman–Crippen LogP) is 4.46. The Bertz CT molecular complexity index is 1350. The number of rotatable bonds is 10. The van der Waals surface area contributed by atoms with Crippen LogP contribution in [0.15, 0.2) is 91.0 Å². The molecule has 6 nitrogen and oxygen atoms in total. The number of amides is 1. The molecule has 1 amide bonds. The number of likely N-dealkylation sites (tertiary alicyclic amines) is 1. The molecule has 1 saturated carbocycles. The Morgan fingerprint density at radius 1 is 0.895 bits per heavy atom. The van der Waals surface area contributed by atoms with Gasteiger partial charge >= 0.3 is 0 Å². The summed E-state index contributed by atoms with van der Waals surface area (Å²) in [6.07, 6.45) is 6.47. The number of benzene rings is 3. The monoisotopic (exact) mass is 529 g/mol. The van der Waals surface area contributed by atoms with Crippen molar-refractivity contribution in [3.05, 3.63) is 113 Å². The van der Waals surface area contributed by atoms with Gasteiger partial charge in [-0.3, -0.25) is 9.69 Å². The number of sulfonamides is 1. The molecular formula is C31H35N3O3S. The maximum atomic E-state index is 12.3. The van der Waals surface area contributed by atoms with Crippen molar-refractivity contribution in [3.63, 3.8) is 0 Å². The summed E-state index contributed by atoms with van der Waals surface area (Å²) in [6, 6.07) is 28.8. The van der Waals surface area contributed by atoms with Crippen molar-refractivity contribution in [1.29, 1.82) is 0 Å². The summed E-state index contributed by atoms with van der Waals surface area (Å²) in [4.78, 5) is 14.7. The van der Waals surface area contributed by atoms with Crippen LogP contribution in [-0.4, -0.2) is 44.4 Å². The lowest BCUT2D eigenvalue weighted by atomic mass is 10.0. The molecule has 2 N–H and O–H groups in total. The van der Waals surface area contributed by atoms with E-state index in [4.69, 9.17) is 0 Å². The lowest BCUT2D eigenvalue weighted by molar-refractivity contribution is -0.114. The van der Waals surface area contributed by atoms with Gasteiger partial charge in [-0.1, -0.05) is 84.9 Å². The van der Waals surface area contributed by atoms with Crippen molar-refractivity contribution >= 4 is 22.0 Å². The van der Waals surface area contributed by atoms with Crippen LogP contribution in [0, 0.1) is 0 Å². The summed E-state index contributed by atoms with van der Waals surface area (Å²) in [5, 5.41) is 3.88. The van der Waals surface area contributed by atoms with Gasteiger partial charge in [0.05, 0.1) is 5.75 Å². The largest absolute Gasteiger partial charge is 0.311 e. The van der Waals surface area contributed by atoms with Crippen molar-refractivity contribution in [2.45, 2.75) is 49.6 Å². The third kappa shape index (κ3) is 7.63. The second kappa shape index (κ2) is 12.1. The van der Waals surface area contributed by atoms with Gasteiger partial charge in [-0.2, -0.15) is 0 Å². The van der Waals surface area contributed by atoms with Crippen LogP contribution in [0.5, 0.6) is 0 Å². The molecule has 3 aromatic carbocycles. The summed E-state index contributed by atoms with van der Waals surface area (Å²) in [5.74, 6) is -0.217. The van der Waals surface area contributed by atoms with Crippen LogP contribution in [0.25, 0.3) is 6.08 Å². The Balaban J connectivity index is 1.06. The van der Waals surface area contributed by atoms with Crippen LogP contribution in [0.4, 0.5) is 0 Å². The fraction of sp³-hybridized carbons (Fsp3) is 0.323. The van der Waals surface area contributed by atoms with E-state index < -0.39 is 15.9 Å². The van der Waals surface area contributed by atoms with Gasteiger partial charge in [0.2, 0.25) is 10.0 Å². The van der Waals surface area contributed by atoms with E-state index >= 15 is 0 Å². The van der Waals surface area contributed by atoms with Crippen LogP contribution in [0.3, 0.4) is 0 Å². The molecule has 0 aromatic heterocycles. The Hall–Kier alpha value is -3.26. The fourth-order valence-corrected chi connectivity index (χ4v) is 6.33. The van der Waals surface area contributed by atoms with Crippen LogP contribution in [0.2, 0.25) is 0 Å². The van der Waals surface area contributed by atoms with E-state index in [2.05, 4.69) is 57.4 Å². The Kier molecular flexibility index (Phi) is 8.37. The maximum absolute atomic E-state index is 12.3. The number of hydrogen-bond acceptors (Lipinski definition) is 5. The lowest BCUT2D eigenvalue weighted by Crippen LogP contribution is -2.43. The summed E-state index contributed by atoms with van der Waals surface area (Å²) in [6.45, 7) is 2.98. The number of carbonyl (C=O) groups excluding carboxylic acids is 1. The summed E-state index contributed by atoms with van der Waals surface area (Å²) in [7, 11) is -3.75. The molecule has 1 aliphatic heterocycles. The molecule has 0 radical (unpaired) electrons. The molecular weight excluding hydrogens is 494 g/mol. The van der Waals surface area contributed by atoms with Crippen molar-refractivity contribution < 1.29 is 13.2 Å². The molecule has 2 fully saturated rings. The minimum Gasteiger partial charge on any atom is -0.311 e. The molecule has 198 valence electrons. The number of nitrogens with one attached hydrogen (secondary N) is 2. The predicted molar refractivity (Wildman–Crippen MR) is 152 cm³/mol. The number of carbonyl (C=O) groups is 1. The van der Waals surface area contributed by atoms with E-state index in [1.165, 1.54) is 23.6 Å². The van der Waals surface area contributed by atoms with Gasteiger partial charge in [0.25, 0.3) is 5.91 Å². The van der Waals surface area contributed by atoms with Crippen molar-refractivity contribution in [2.75, 3.05) is 13.1 Å². The highest BCUT2D eigenvalue weighted by Gasteiger charge is 2.39. The average Bonchev–Trinajstić information content (AvgIpc) is 3.68. The van der Waals surface area contributed by atoms with Gasteiger partial charge in [0.1, 0.15) is 0 Å². The van der Waals surface area contributed by atoms with Crippen LogP contribution < -0.4 is 10.0 Å². The quantitative estimate of drug-likeness (QED) is 0.379. The van der Waals surface area contributed by atoms with Crippen molar-refractivity contribution in [2.24, 2.45) is 0 Å². The van der Waals surface area contributed by atoms with E-state index in [9.17, 15) is 13.2 Å². The van der Waals surface area contributed by atoms with E-state index in [1.807, 2.05) is 18.2 Å². The van der Waals surface area contributed by atoms with Gasteiger partial charge in [-0.05, 0) is 60.7 Å². The molecule has 0 spiro atoms. The molecule has 1 saturated heterocycles. The second-order valence-electron chi connectivity index (χ2n) is 10.4. The van der Waals surface area contributed by atoms with Gasteiger partial charge in [-0.15, -0.1) is 0 Å². The number of nitrogens with zero attached hydrogens (tertiary/aromatic N) is 1. The normalized spacial score (nSPS) is 20.4. The first-order valence-corrected chi connectivity index (χ1v) is 15.0. The Morgan fingerprint density at radius 3 is 2.32 bits per heavy atom. The minimum atomic E-state index is -3.75. The molecule has 3 aromatic rings. The Labute approximate surface area is 225 Å². The molecule has 2 aliphatic rings. The lowest BCUT2D eigenvalue weighted by Gasteiger charge is -2.32. The van der Waals surface area contributed by atoms with Gasteiger partial charge in [0.15, 0.2) is 0 Å². The summed E-state index contributed by atoms with van der Waals surface area (Å²) in [5.41, 5.74) is 4.13. The molecule has 2 unspecified atom stereocenters. The SMILES string of the molecule is O=C(C=Cc1cccc(CN2CCC(NC3CC3c3ccccc3)CC2)c1)NS(=O)(=O)Cc1ccccc1. The number of hydrogen-bond donors (Lipinski definition) is 2. The highest BCUT2D eigenvalue weighted by molar-refractivity contribution is 7.89. The smallest absolute Gasteiger partial charge is 0.257 e. The first kappa shape index (κ1) is 26.4. The molecule has 7 heteroatoms. The fourth-order valence-electron chi connectivity index (χ4n) is 5.25. The highest BCUT2D eigenvalue weighted by Crippen LogP contribution is 2.41. The summed E-state index contributed by atoms with van der Waals surface area (Å²) >= 11 is 0. The molecule has 5 rings (SSSR count). The molecule has 0 bridgehead atoms. The third-order valence-corrected chi connectivity index (χ3v) is 8.52. The van der Waals surface area contributed by atoms with Crippen molar-refractivity contribution in [1.82, 2.24) is 14.9 Å². The molecule has 38 heavy (non-hydrogen) atoms. The highest BCUT2D eigenvalue weighted by atomic mass is 32.2. The average molecular weight is 530 g/mol. The summed E-state index contributed by atoms with van der Waals surface area (Å²) < 4.78 is 26.7. The first-order chi connectivity index (χ1) is 18.4. The minimum absolute atomic E-state index is 0.233. The topological polar surface area (TPSA) is 78.5 Å². The van der Waals surface area contributed by atoms with Crippen molar-refractivity contribution in [3.8, 4) is 0 Å². The maximum Gasteiger partial charge on any atom is 0.257 e. The Morgan fingerprint density at radius 2 is 1.58 bits per heavy atom. The molecule has 1 aliphatic carbocycles. The van der Waals surface area contributed by atoms with E-state index in [1.54, 1.807) is 30.3 Å². The standard InChI is InChI=1S/C31H35N3O3S/c35-31(33-38(36,37)23-25-8-3-1-4-9-25)15-14-24-10-7-11-26(20-24)22-34-18-16-28(17-19-34)32-30-21-29(30)27-12-5-2-6-13-27/h1-15,20,28-30,32H,16-19,21-23H2,(H,33,35). The van der Waals surface area contributed by atoms with E-state index in [0.717, 1.165) is 38.0 Å². The zero-order valence-electron chi connectivity index (χ0n) is 21.5. The van der Waals surface area contributed by atoms with E-state index in [-0.39, 0.29) is 5.75 Å². The zero-order valence-corrected chi connectivity index (χ0v) is 22.3.